The number of benzene rings is 2. The third-order valence-corrected chi connectivity index (χ3v) is 3.54. The van der Waals surface area contributed by atoms with E-state index in [0.29, 0.717) is 23.5 Å². The molecule has 126 valence electrons. The Kier molecular flexibility index (Phi) is 5.71. The topological polar surface area (TPSA) is 58.6 Å². The molecule has 0 radical (unpaired) electrons. The van der Waals surface area contributed by atoms with E-state index >= 15 is 0 Å². The fraction of sp³-hybridized carbons (Fsp3) is 0.211. The number of amides is 1. The standard InChI is InChI=1S/C19H20FNO3/c1-3-12-24-17-10-4-14(5-11-17)18(22)21-13-19(2,23)15-6-8-16(20)9-7-15/h3-11,23H,1,12-13H2,2H3,(H,21,22). The van der Waals surface area contributed by atoms with E-state index in [2.05, 4.69) is 11.9 Å². The number of nitrogens with one attached hydrogen (secondary N) is 1. The van der Waals surface area contributed by atoms with Crippen LogP contribution < -0.4 is 10.1 Å². The molecule has 0 saturated carbocycles. The molecule has 0 saturated heterocycles. The van der Waals surface area contributed by atoms with Crippen molar-refractivity contribution >= 4 is 5.91 Å². The zero-order valence-electron chi connectivity index (χ0n) is 13.5. The van der Waals surface area contributed by atoms with Crippen LogP contribution in [-0.4, -0.2) is 24.2 Å². The van der Waals surface area contributed by atoms with Crippen molar-refractivity contribution < 1.29 is 19.0 Å². The molecule has 1 unspecified atom stereocenters. The lowest BCUT2D eigenvalue weighted by Gasteiger charge is -2.24. The molecule has 0 aliphatic rings. The van der Waals surface area contributed by atoms with E-state index in [1.165, 1.54) is 24.3 Å². The molecular formula is C19H20FNO3. The maximum atomic E-state index is 13.0. The van der Waals surface area contributed by atoms with Crippen LogP contribution in [0.25, 0.3) is 0 Å². The predicted molar refractivity (Wildman–Crippen MR) is 90.4 cm³/mol. The van der Waals surface area contributed by atoms with Crippen LogP contribution in [-0.2, 0) is 5.60 Å². The molecular weight excluding hydrogens is 309 g/mol. The van der Waals surface area contributed by atoms with Gasteiger partial charge in [-0.25, -0.2) is 4.39 Å². The van der Waals surface area contributed by atoms with Gasteiger partial charge in [-0.05, 0) is 48.9 Å². The maximum absolute atomic E-state index is 13.0. The van der Waals surface area contributed by atoms with Crippen molar-refractivity contribution in [3.8, 4) is 5.75 Å². The molecule has 2 aromatic carbocycles. The average Bonchev–Trinajstić information content (AvgIpc) is 2.59. The molecule has 4 nitrogen and oxygen atoms in total. The normalized spacial score (nSPS) is 13.0. The summed E-state index contributed by atoms with van der Waals surface area (Å²) in [5.41, 5.74) is -0.315. The number of hydrogen-bond acceptors (Lipinski definition) is 3. The first-order valence-electron chi connectivity index (χ1n) is 7.53. The lowest BCUT2D eigenvalue weighted by molar-refractivity contribution is 0.0526. The summed E-state index contributed by atoms with van der Waals surface area (Å²) in [6.45, 7) is 5.53. The highest BCUT2D eigenvalue weighted by atomic mass is 19.1. The molecule has 2 aromatic rings. The van der Waals surface area contributed by atoms with Crippen LogP contribution in [0.3, 0.4) is 0 Å². The molecule has 0 aromatic heterocycles. The first kappa shape index (κ1) is 17.7. The SMILES string of the molecule is C=CCOc1ccc(C(=O)NCC(C)(O)c2ccc(F)cc2)cc1. The molecule has 2 N–H and O–H groups in total. The van der Waals surface area contributed by atoms with Gasteiger partial charge in [0.15, 0.2) is 0 Å². The van der Waals surface area contributed by atoms with Crippen LogP contribution in [0.4, 0.5) is 4.39 Å². The zero-order chi connectivity index (χ0) is 17.6. The molecule has 0 bridgehead atoms. The highest BCUT2D eigenvalue weighted by molar-refractivity contribution is 5.94. The fourth-order valence-electron chi connectivity index (χ4n) is 2.12. The van der Waals surface area contributed by atoms with E-state index < -0.39 is 5.60 Å². The average molecular weight is 329 g/mol. The lowest BCUT2D eigenvalue weighted by atomic mass is 9.96. The minimum atomic E-state index is -1.30. The second kappa shape index (κ2) is 7.75. The zero-order valence-corrected chi connectivity index (χ0v) is 13.5. The summed E-state index contributed by atoms with van der Waals surface area (Å²) in [6.07, 6.45) is 1.64. The number of aliphatic hydroxyl groups is 1. The number of ether oxygens (including phenoxy) is 1. The highest BCUT2D eigenvalue weighted by Crippen LogP contribution is 2.20. The molecule has 1 amide bonds. The van der Waals surface area contributed by atoms with Crippen LogP contribution in [0, 0.1) is 5.82 Å². The van der Waals surface area contributed by atoms with Crippen molar-refractivity contribution in [3.05, 3.63) is 78.1 Å². The van der Waals surface area contributed by atoms with Gasteiger partial charge in [-0.15, -0.1) is 0 Å². The number of halogens is 1. The molecule has 0 spiro atoms. The summed E-state index contributed by atoms with van der Waals surface area (Å²) in [4.78, 5) is 12.2. The van der Waals surface area contributed by atoms with Crippen LogP contribution in [0.15, 0.2) is 61.2 Å². The first-order chi connectivity index (χ1) is 11.4. The van der Waals surface area contributed by atoms with Crippen LogP contribution in [0.5, 0.6) is 5.75 Å². The van der Waals surface area contributed by atoms with Crippen LogP contribution in [0.2, 0.25) is 0 Å². The Balaban J connectivity index is 1.96. The number of rotatable bonds is 7. The van der Waals surface area contributed by atoms with Gasteiger partial charge in [0.25, 0.3) is 5.91 Å². The summed E-state index contributed by atoms with van der Waals surface area (Å²) < 4.78 is 18.3. The van der Waals surface area contributed by atoms with Gasteiger partial charge in [0.05, 0.1) is 6.54 Å². The molecule has 2 rings (SSSR count). The fourth-order valence-corrected chi connectivity index (χ4v) is 2.12. The van der Waals surface area contributed by atoms with Crippen molar-refractivity contribution in [1.29, 1.82) is 0 Å². The van der Waals surface area contributed by atoms with E-state index in [-0.39, 0.29) is 18.3 Å². The predicted octanol–water partition coefficient (Wildman–Crippen LogP) is 3.03. The van der Waals surface area contributed by atoms with Gasteiger partial charge in [0.2, 0.25) is 0 Å². The molecule has 5 heteroatoms. The number of carbonyl (C=O) groups is 1. The molecule has 0 fully saturated rings. The summed E-state index contributed by atoms with van der Waals surface area (Å²) in [6, 6.07) is 12.2. The Bertz CT molecular complexity index is 694. The van der Waals surface area contributed by atoms with Gasteiger partial charge in [0.1, 0.15) is 23.8 Å². The Hall–Kier alpha value is -2.66. The van der Waals surface area contributed by atoms with Gasteiger partial charge in [-0.2, -0.15) is 0 Å². The Morgan fingerprint density at radius 1 is 1.25 bits per heavy atom. The van der Waals surface area contributed by atoms with E-state index in [4.69, 9.17) is 4.74 Å². The third-order valence-electron chi connectivity index (χ3n) is 3.54. The summed E-state index contributed by atoms with van der Waals surface area (Å²) >= 11 is 0. The molecule has 1 atom stereocenters. The van der Waals surface area contributed by atoms with E-state index in [1.807, 2.05) is 0 Å². The van der Waals surface area contributed by atoms with E-state index in [1.54, 1.807) is 37.3 Å². The summed E-state index contributed by atoms with van der Waals surface area (Å²) in [5, 5.41) is 13.1. The van der Waals surface area contributed by atoms with Gasteiger partial charge < -0.3 is 15.2 Å². The van der Waals surface area contributed by atoms with Crippen molar-refractivity contribution in [2.24, 2.45) is 0 Å². The first-order valence-corrected chi connectivity index (χ1v) is 7.53. The van der Waals surface area contributed by atoms with Crippen molar-refractivity contribution in [1.82, 2.24) is 5.32 Å². The second-order valence-corrected chi connectivity index (χ2v) is 5.59. The largest absolute Gasteiger partial charge is 0.490 e. The van der Waals surface area contributed by atoms with Crippen molar-refractivity contribution in [2.45, 2.75) is 12.5 Å². The number of hydrogen-bond donors (Lipinski definition) is 2. The van der Waals surface area contributed by atoms with Crippen molar-refractivity contribution in [2.75, 3.05) is 13.2 Å². The van der Waals surface area contributed by atoms with E-state index in [0.717, 1.165) is 0 Å². The third kappa shape index (κ3) is 4.67. The number of carbonyl (C=O) groups excluding carboxylic acids is 1. The van der Waals surface area contributed by atoms with Crippen LogP contribution >= 0.6 is 0 Å². The van der Waals surface area contributed by atoms with Crippen LogP contribution in [0.1, 0.15) is 22.8 Å². The summed E-state index contributed by atoms with van der Waals surface area (Å²) in [5.74, 6) is -0.0465. The Labute approximate surface area is 140 Å². The minimum Gasteiger partial charge on any atom is -0.490 e. The smallest absolute Gasteiger partial charge is 0.251 e. The van der Waals surface area contributed by atoms with E-state index in [9.17, 15) is 14.3 Å². The highest BCUT2D eigenvalue weighted by Gasteiger charge is 2.24. The Morgan fingerprint density at radius 3 is 2.46 bits per heavy atom. The Morgan fingerprint density at radius 2 is 1.88 bits per heavy atom. The van der Waals surface area contributed by atoms with Gasteiger partial charge in [0, 0.05) is 5.56 Å². The lowest BCUT2D eigenvalue weighted by Crippen LogP contribution is -2.38. The summed E-state index contributed by atoms with van der Waals surface area (Å²) in [7, 11) is 0. The molecule has 24 heavy (non-hydrogen) atoms. The second-order valence-electron chi connectivity index (χ2n) is 5.59. The molecule has 0 aliphatic heterocycles. The minimum absolute atomic E-state index is 0.00613. The molecule has 0 heterocycles. The maximum Gasteiger partial charge on any atom is 0.251 e. The quantitative estimate of drug-likeness (QED) is 0.768. The van der Waals surface area contributed by atoms with Gasteiger partial charge in [-0.3, -0.25) is 4.79 Å². The van der Waals surface area contributed by atoms with Gasteiger partial charge in [-0.1, -0.05) is 24.8 Å². The monoisotopic (exact) mass is 329 g/mol. The molecule has 0 aliphatic carbocycles. The van der Waals surface area contributed by atoms with Gasteiger partial charge >= 0.3 is 0 Å². The van der Waals surface area contributed by atoms with Crippen molar-refractivity contribution in [3.63, 3.8) is 0 Å².